The molecular formula is C14H24O5. The van der Waals surface area contributed by atoms with Gasteiger partial charge in [-0.3, -0.25) is 9.59 Å². The first-order valence-corrected chi connectivity index (χ1v) is 7.06. The first-order chi connectivity index (χ1) is 9.11. The fraction of sp³-hybridized carbons (Fsp3) is 0.857. The van der Waals surface area contributed by atoms with Crippen molar-refractivity contribution in [2.75, 3.05) is 19.8 Å². The normalized spacial score (nSPS) is 20.9. The molecule has 1 aliphatic heterocycles. The van der Waals surface area contributed by atoms with Gasteiger partial charge in [0.1, 0.15) is 0 Å². The van der Waals surface area contributed by atoms with Crippen molar-refractivity contribution in [2.45, 2.75) is 46.1 Å². The van der Waals surface area contributed by atoms with Crippen molar-refractivity contribution in [1.29, 1.82) is 0 Å². The molecule has 0 bridgehead atoms. The zero-order valence-corrected chi connectivity index (χ0v) is 12.0. The highest BCUT2D eigenvalue weighted by Crippen LogP contribution is 2.27. The van der Waals surface area contributed by atoms with Crippen molar-refractivity contribution in [3.8, 4) is 0 Å². The summed E-state index contributed by atoms with van der Waals surface area (Å²) in [6, 6.07) is 0. The highest BCUT2D eigenvalue weighted by molar-refractivity contribution is 5.95. The first-order valence-electron chi connectivity index (χ1n) is 7.06. The molecule has 1 fully saturated rings. The van der Waals surface area contributed by atoms with Crippen LogP contribution in [0.2, 0.25) is 0 Å². The van der Waals surface area contributed by atoms with Gasteiger partial charge in [0, 0.05) is 12.5 Å². The third-order valence-electron chi connectivity index (χ3n) is 3.41. The van der Waals surface area contributed by atoms with Crippen LogP contribution in [0.4, 0.5) is 0 Å². The Morgan fingerprint density at radius 2 is 1.74 bits per heavy atom. The van der Waals surface area contributed by atoms with Crippen LogP contribution in [0.15, 0.2) is 0 Å². The van der Waals surface area contributed by atoms with Gasteiger partial charge in [-0.1, -0.05) is 6.92 Å². The maximum absolute atomic E-state index is 12.0. The Labute approximate surface area is 114 Å². The number of carbonyl (C=O) groups is 2. The summed E-state index contributed by atoms with van der Waals surface area (Å²) in [5.41, 5.74) is 0. The second-order valence-corrected chi connectivity index (χ2v) is 4.75. The SMILES string of the molecule is CCOC(=O)C(C(=O)OCC)[C@H](C)[C@@H]1CCCCO1. The quantitative estimate of drug-likeness (QED) is 0.546. The molecule has 0 radical (unpaired) electrons. The van der Waals surface area contributed by atoms with E-state index < -0.39 is 17.9 Å². The summed E-state index contributed by atoms with van der Waals surface area (Å²) in [4.78, 5) is 23.9. The van der Waals surface area contributed by atoms with Gasteiger partial charge in [0.05, 0.1) is 19.3 Å². The standard InChI is InChI=1S/C14H24O5/c1-4-17-13(15)12(14(16)18-5-2)10(3)11-8-6-7-9-19-11/h10-12H,4-9H2,1-3H3/t10-,11+/m1/s1. The highest BCUT2D eigenvalue weighted by Gasteiger charge is 2.39. The molecule has 0 N–H and O–H groups in total. The van der Waals surface area contributed by atoms with Crippen molar-refractivity contribution in [3.63, 3.8) is 0 Å². The third kappa shape index (κ3) is 4.49. The largest absolute Gasteiger partial charge is 0.465 e. The molecule has 0 unspecified atom stereocenters. The van der Waals surface area contributed by atoms with E-state index in [-0.39, 0.29) is 25.2 Å². The van der Waals surface area contributed by atoms with Crippen molar-refractivity contribution >= 4 is 11.9 Å². The second kappa shape index (κ2) is 8.15. The van der Waals surface area contributed by atoms with E-state index in [0.29, 0.717) is 6.61 Å². The van der Waals surface area contributed by atoms with Crippen molar-refractivity contribution in [3.05, 3.63) is 0 Å². The summed E-state index contributed by atoms with van der Waals surface area (Å²) in [6.07, 6.45) is 2.89. The summed E-state index contributed by atoms with van der Waals surface area (Å²) >= 11 is 0. The molecule has 0 aliphatic carbocycles. The topological polar surface area (TPSA) is 61.8 Å². The lowest BCUT2D eigenvalue weighted by Crippen LogP contribution is -2.40. The number of esters is 2. The monoisotopic (exact) mass is 272 g/mol. The van der Waals surface area contributed by atoms with Gasteiger partial charge in [-0.05, 0) is 33.1 Å². The van der Waals surface area contributed by atoms with Gasteiger partial charge < -0.3 is 14.2 Å². The molecule has 1 aliphatic rings. The molecule has 0 spiro atoms. The molecule has 0 saturated carbocycles. The number of hydrogen-bond donors (Lipinski definition) is 0. The van der Waals surface area contributed by atoms with Gasteiger partial charge in [0.25, 0.3) is 0 Å². The van der Waals surface area contributed by atoms with E-state index in [2.05, 4.69) is 0 Å². The molecule has 5 heteroatoms. The molecular weight excluding hydrogens is 248 g/mol. The molecule has 0 amide bonds. The average Bonchev–Trinajstić information content (AvgIpc) is 2.40. The fourth-order valence-corrected chi connectivity index (χ4v) is 2.38. The summed E-state index contributed by atoms with van der Waals surface area (Å²) in [7, 11) is 0. The van der Waals surface area contributed by atoms with Gasteiger partial charge in [-0.2, -0.15) is 0 Å². The van der Waals surface area contributed by atoms with Crippen LogP contribution in [0.5, 0.6) is 0 Å². The summed E-state index contributed by atoms with van der Waals surface area (Å²) in [6.45, 7) is 6.51. The predicted octanol–water partition coefficient (Wildman–Crippen LogP) is 1.93. The van der Waals surface area contributed by atoms with Crippen LogP contribution in [0, 0.1) is 11.8 Å². The molecule has 5 nitrogen and oxygen atoms in total. The van der Waals surface area contributed by atoms with Crippen LogP contribution in [0.3, 0.4) is 0 Å². The summed E-state index contributed by atoms with van der Waals surface area (Å²) < 4.78 is 15.6. The number of rotatable bonds is 6. The lowest BCUT2D eigenvalue weighted by molar-refractivity contribution is -0.168. The lowest BCUT2D eigenvalue weighted by Gasteiger charge is -2.31. The second-order valence-electron chi connectivity index (χ2n) is 4.75. The molecule has 1 rings (SSSR count). The number of ether oxygens (including phenoxy) is 3. The summed E-state index contributed by atoms with van der Waals surface area (Å²) in [5.74, 6) is -2.13. The van der Waals surface area contributed by atoms with Crippen LogP contribution < -0.4 is 0 Å². The van der Waals surface area contributed by atoms with Crippen molar-refractivity contribution in [2.24, 2.45) is 11.8 Å². The molecule has 1 saturated heterocycles. The van der Waals surface area contributed by atoms with E-state index in [1.165, 1.54) is 0 Å². The van der Waals surface area contributed by atoms with Gasteiger partial charge in [0.2, 0.25) is 0 Å². The van der Waals surface area contributed by atoms with E-state index in [4.69, 9.17) is 14.2 Å². The number of hydrogen-bond acceptors (Lipinski definition) is 5. The zero-order valence-electron chi connectivity index (χ0n) is 12.0. The van der Waals surface area contributed by atoms with Gasteiger partial charge in [0.15, 0.2) is 5.92 Å². The van der Waals surface area contributed by atoms with Crippen LogP contribution in [0.1, 0.15) is 40.0 Å². The maximum atomic E-state index is 12.0. The van der Waals surface area contributed by atoms with Gasteiger partial charge in [-0.15, -0.1) is 0 Å². The Kier molecular flexibility index (Phi) is 6.84. The van der Waals surface area contributed by atoms with E-state index in [9.17, 15) is 9.59 Å². The molecule has 0 aromatic rings. The Bertz CT molecular complexity index is 278. The predicted molar refractivity (Wildman–Crippen MR) is 69.5 cm³/mol. The Hall–Kier alpha value is -1.10. The minimum Gasteiger partial charge on any atom is -0.465 e. The fourth-order valence-electron chi connectivity index (χ4n) is 2.38. The van der Waals surface area contributed by atoms with E-state index in [1.807, 2.05) is 6.92 Å². The smallest absolute Gasteiger partial charge is 0.320 e. The molecule has 19 heavy (non-hydrogen) atoms. The van der Waals surface area contributed by atoms with E-state index in [0.717, 1.165) is 19.3 Å². The average molecular weight is 272 g/mol. The van der Waals surface area contributed by atoms with Gasteiger partial charge >= 0.3 is 11.9 Å². The molecule has 110 valence electrons. The van der Waals surface area contributed by atoms with Crippen LogP contribution in [-0.4, -0.2) is 37.9 Å². The molecule has 0 aromatic heterocycles. The lowest BCUT2D eigenvalue weighted by atomic mass is 9.86. The minimum absolute atomic E-state index is 0.0763. The Balaban J connectivity index is 2.75. The molecule has 0 aromatic carbocycles. The highest BCUT2D eigenvalue weighted by atomic mass is 16.6. The Morgan fingerprint density at radius 1 is 1.16 bits per heavy atom. The van der Waals surface area contributed by atoms with Crippen LogP contribution >= 0.6 is 0 Å². The van der Waals surface area contributed by atoms with Gasteiger partial charge in [-0.25, -0.2) is 0 Å². The third-order valence-corrected chi connectivity index (χ3v) is 3.41. The zero-order chi connectivity index (χ0) is 14.3. The Morgan fingerprint density at radius 3 is 2.16 bits per heavy atom. The summed E-state index contributed by atoms with van der Waals surface area (Å²) in [5, 5.41) is 0. The van der Waals surface area contributed by atoms with Crippen molar-refractivity contribution in [1.82, 2.24) is 0 Å². The minimum atomic E-state index is -0.886. The van der Waals surface area contributed by atoms with Crippen molar-refractivity contribution < 1.29 is 23.8 Å². The molecule has 1 heterocycles. The number of carbonyl (C=O) groups excluding carboxylic acids is 2. The molecule has 2 atom stereocenters. The van der Waals surface area contributed by atoms with E-state index >= 15 is 0 Å². The van der Waals surface area contributed by atoms with Crippen LogP contribution in [-0.2, 0) is 23.8 Å². The van der Waals surface area contributed by atoms with Crippen LogP contribution in [0.25, 0.3) is 0 Å². The first kappa shape index (κ1) is 16.0. The maximum Gasteiger partial charge on any atom is 0.320 e. The van der Waals surface area contributed by atoms with E-state index in [1.54, 1.807) is 13.8 Å².